The molecule has 0 spiro atoms. The van der Waals surface area contributed by atoms with E-state index in [1.54, 1.807) is 6.07 Å². The van der Waals surface area contributed by atoms with Gasteiger partial charge in [0.1, 0.15) is 23.3 Å². The van der Waals surface area contributed by atoms with Crippen molar-refractivity contribution >= 4 is 17.5 Å². The predicted octanol–water partition coefficient (Wildman–Crippen LogP) is 8.73. The number of nitriles is 1. The van der Waals surface area contributed by atoms with Crippen LogP contribution in [0.1, 0.15) is 72.9 Å². The molecule has 0 amide bonds. The van der Waals surface area contributed by atoms with Crippen molar-refractivity contribution in [3.63, 3.8) is 0 Å². The first-order chi connectivity index (χ1) is 17.5. The standard InChI is InChI=1S/C31H27F2N3/c1-3-5-7-22-15-25-11-9-21(14-26(25)16-22)8-10-23-12-13-27(17-24(23)6-4-2)35-36-28-18-30(32)29(20-34)31(33)19-28/h9,11-14,16-19H,3-7,15H2,1-2H3/b36-35-. The second-order valence-corrected chi connectivity index (χ2v) is 8.93. The minimum absolute atomic E-state index is 0.00780. The number of unbranched alkanes of at least 4 members (excludes halogenated alkanes) is 1. The smallest absolute Gasteiger partial charge is 0.146 e. The molecule has 0 unspecified atom stereocenters. The topological polar surface area (TPSA) is 48.5 Å². The fourth-order valence-electron chi connectivity index (χ4n) is 4.27. The number of hydrogen-bond acceptors (Lipinski definition) is 3. The molecule has 1 aliphatic carbocycles. The highest BCUT2D eigenvalue weighted by Crippen LogP contribution is 2.29. The summed E-state index contributed by atoms with van der Waals surface area (Å²) in [5, 5.41) is 16.9. The van der Waals surface area contributed by atoms with Crippen molar-refractivity contribution in [3.8, 4) is 17.9 Å². The Kier molecular flexibility index (Phi) is 8.03. The lowest BCUT2D eigenvalue weighted by Gasteiger charge is -2.05. The van der Waals surface area contributed by atoms with E-state index in [2.05, 4.69) is 60.2 Å². The van der Waals surface area contributed by atoms with Gasteiger partial charge in [-0.05, 0) is 72.7 Å². The minimum atomic E-state index is -0.956. The average molecular weight is 480 g/mol. The maximum Gasteiger partial charge on any atom is 0.146 e. The Labute approximate surface area is 211 Å². The SMILES string of the molecule is CCCCC1=Cc2cc(C#Cc3ccc(/N=N\c4cc(F)c(C#N)c(F)c4)cc3CCC)ccc2C1. The molecule has 5 heteroatoms. The van der Waals surface area contributed by atoms with Crippen molar-refractivity contribution in [1.29, 1.82) is 5.26 Å². The normalized spacial score (nSPS) is 12.1. The van der Waals surface area contributed by atoms with Crippen LogP contribution >= 0.6 is 0 Å². The lowest BCUT2D eigenvalue weighted by atomic mass is 10.0. The van der Waals surface area contributed by atoms with Crippen molar-refractivity contribution < 1.29 is 8.78 Å². The van der Waals surface area contributed by atoms with Crippen LogP contribution in [0, 0.1) is 34.8 Å². The van der Waals surface area contributed by atoms with E-state index >= 15 is 0 Å². The molecule has 0 fully saturated rings. The van der Waals surface area contributed by atoms with Gasteiger partial charge in [-0.1, -0.05) is 56.2 Å². The number of fused-ring (bicyclic) bond motifs is 1. The number of azo groups is 1. The molecule has 1 aliphatic rings. The number of allylic oxidation sites excluding steroid dienone is 1. The predicted molar refractivity (Wildman–Crippen MR) is 139 cm³/mol. The fourth-order valence-corrected chi connectivity index (χ4v) is 4.27. The Bertz CT molecular complexity index is 1430. The summed E-state index contributed by atoms with van der Waals surface area (Å²) in [7, 11) is 0. The van der Waals surface area contributed by atoms with Crippen LogP contribution in [0.2, 0.25) is 0 Å². The summed E-state index contributed by atoms with van der Waals surface area (Å²) in [5.74, 6) is 4.70. The van der Waals surface area contributed by atoms with E-state index in [1.165, 1.54) is 35.6 Å². The van der Waals surface area contributed by atoms with Crippen LogP contribution in [0.25, 0.3) is 6.08 Å². The molecule has 3 nitrogen and oxygen atoms in total. The van der Waals surface area contributed by atoms with E-state index in [0.29, 0.717) is 5.69 Å². The van der Waals surface area contributed by atoms with Gasteiger partial charge in [-0.3, -0.25) is 0 Å². The molecule has 0 saturated carbocycles. The minimum Gasteiger partial charge on any atom is -0.205 e. The van der Waals surface area contributed by atoms with Gasteiger partial charge in [0.05, 0.1) is 11.4 Å². The lowest BCUT2D eigenvalue weighted by molar-refractivity contribution is 0.577. The molecule has 180 valence electrons. The average Bonchev–Trinajstić information content (AvgIpc) is 3.28. The highest BCUT2D eigenvalue weighted by Gasteiger charge is 2.13. The molecule has 0 radical (unpaired) electrons. The third-order valence-corrected chi connectivity index (χ3v) is 6.14. The van der Waals surface area contributed by atoms with Gasteiger partial charge in [0.15, 0.2) is 0 Å². The molecule has 0 saturated heterocycles. The van der Waals surface area contributed by atoms with Crippen molar-refractivity contribution in [3.05, 3.63) is 99.1 Å². The molecular weight excluding hydrogens is 452 g/mol. The molecule has 0 heterocycles. The summed E-state index contributed by atoms with van der Waals surface area (Å²) >= 11 is 0. The Balaban J connectivity index is 1.55. The van der Waals surface area contributed by atoms with E-state index in [9.17, 15) is 8.78 Å². The van der Waals surface area contributed by atoms with Crippen molar-refractivity contribution in [2.24, 2.45) is 10.2 Å². The lowest BCUT2D eigenvalue weighted by Crippen LogP contribution is -1.90. The quantitative estimate of drug-likeness (QED) is 0.247. The summed E-state index contributed by atoms with van der Waals surface area (Å²) in [6, 6.07) is 15.5. The van der Waals surface area contributed by atoms with Gasteiger partial charge >= 0.3 is 0 Å². The largest absolute Gasteiger partial charge is 0.205 e. The van der Waals surface area contributed by atoms with E-state index in [0.717, 1.165) is 54.5 Å². The highest BCUT2D eigenvalue weighted by atomic mass is 19.1. The number of hydrogen-bond donors (Lipinski definition) is 0. The first-order valence-electron chi connectivity index (χ1n) is 12.3. The van der Waals surface area contributed by atoms with Crippen molar-refractivity contribution in [2.45, 2.75) is 52.4 Å². The number of benzene rings is 3. The summed E-state index contributed by atoms with van der Waals surface area (Å²) in [6.45, 7) is 4.31. The maximum atomic E-state index is 13.8. The molecule has 4 rings (SSSR count). The van der Waals surface area contributed by atoms with Crippen LogP contribution < -0.4 is 0 Å². The summed E-state index contributed by atoms with van der Waals surface area (Å²) in [5.41, 5.74) is 7.04. The van der Waals surface area contributed by atoms with Crippen LogP contribution in [0.3, 0.4) is 0 Å². The van der Waals surface area contributed by atoms with E-state index in [-0.39, 0.29) is 5.69 Å². The summed E-state index contributed by atoms with van der Waals surface area (Å²) < 4.78 is 27.7. The van der Waals surface area contributed by atoms with Crippen LogP contribution in [-0.4, -0.2) is 0 Å². The first-order valence-corrected chi connectivity index (χ1v) is 12.3. The zero-order valence-corrected chi connectivity index (χ0v) is 20.5. The molecule has 0 aromatic heterocycles. The Morgan fingerprint density at radius 2 is 1.64 bits per heavy atom. The first kappa shape index (κ1) is 25.0. The fraction of sp³-hybridized carbons (Fsp3) is 0.258. The van der Waals surface area contributed by atoms with Crippen LogP contribution in [0.5, 0.6) is 0 Å². The van der Waals surface area contributed by atoms with Gasteiger partial charge < -0.3 is 0 Å². The van der Waals surface area contributed by atoms with Gasteiger partial charge in [0, 0.05) is 23.3 Å². The van der Waals surface area contributed by atoms with Gasteiger partial charge in [-0.2, -0.15) is 15.5 Å². The van der Waals surface area contributed by atoms with Crippen LogP contribution in [-0.2, 0) is 12.8 Å². The summed E-state index contributed by atoms with van der Waals surface area (Å²) in [6.07, 6.45) is 8.70. The molecule has 3 aromatic rings. The number of nitrogens with zero attached hydrogens (tertiary/aromatic N) is 3. The van der Waals surface area contributed by atoms with E-state index in [1.807, 2.05) is 12.1 Å². The van der Waals surface area contributed by atoms with Crippen LogP contribution in [0.4, 0.5) is 20.2 Å². The van der Waals surface area contributed by atoms with Gasteiger partial charge in [0.25, 0.3) is 0 Å². The van der Waals surface area contributed by atoms with Crippen LogP contribution in [0.15, 0.2) is 64.3 Å². The molecule has 36 heavy (non-hydrogen) atoms. The third-order valence-electron chi connectivity index (χ3n) is 6.14. The Morgan fingerprint density at radius 3 is 2.36 bits per heavy atom. The Morgan fingerprint density at radius 1 is 0.861 bits per heavy atom. The van der Waals surface area contributed by atoms with Crippen molar-refractivity contribution in [2.75, 3.05) is 0 Å². The zero-order valence-electron chi connectivity index (χ0n) is 20.5. The maximum absolute atomic E-state index is 13.8. The molecule has 3 aromatic carbocycles. The molecule has 0 atom stereocenters. The number of rotatable bonds is 7. The summed E-state index contributed by atoms with van der Waals surface area (Å²) in [4.78, 5) is 0. The Hall–Kier alpha value is -4.09. The highest BCUT2D eigenvalue weighted by molar-refractivity contribution is 5.66. The van der Waals surface area contributed by atoms with E-state index < -0.39 is 17.2 Å². The number of aryl methyl sites for hydroxylation is 1. The van der Waals surface area contributed by atoms with Gasteiger partial charge in [-0.15, -0.1) is 0 Å². The number of halogens is 2. The second kappa shape index (κ2) is 11.6. The molecule has 0 N–H and O–H groups in total. The van der Waals surface area contributed by atoms with Gasteiger partial charge in [-0.25, -0.2) is 8.78 Å². The second-order valence-electron chi connectivity index (χ2n) is 8.93. The van der Waals surface area contributed by atoms with E-state index in [4.69, 9.17) is 5.26 Å². The molecular formula is C31H27F2N3. The molecule has 0 aliphatic heterocycles. The monoisotopic (exact) mass is 479 g/mol. The zero-order chi connectivity index (χ0) is 25.5. The van der Waals surface area contributed by atoms with Gasteiger partial charge in [0.2, 0.25) is 0 Å². The third kappa shape index (κ3) is 5.93. The van der Waals surface area contributed by atoms with Crippen molar-refractivity contribution in [1.82, 2.24) is 0 Å². The molecule has 0 bridgehead atoms.